The van der Waals surface area contributed by atoms with Crippen molar-refractivity contribution in [1.82, 2.24) is 4.90 Å². The molecule has 0 aliphatic heterocycles. The highest BCUT2D eigenvalue weighted by molar-refractivity contribution is 6.24. The van der Waals surface area contributed by atoms with Gasteiger partial charge in [-0.3, -0.25) is 19.3 Å². The molecular weight excluding hydrogens is 502 g/mol. The number of benzene rings is 2. The number of carbonyl (C=O) groups is 3. The maximum atomic E-state index is 14.7. The average Bonchev–Trinajstić information content (AvgIpc) is 2.81. The van der Waals surface area contributed by atoms with Gasteiger partial charge in [-0.05, 0) is 62.2 Å². The number of hydrogen-bond acceptors (Lipinski definition) is 8. The Balaban J connectivity index is 1.73. The number of phenols is 1. The van der Waals surface area contributed by atoms with Crippen molar-refractivity contribution in [3.63, 3.8) is 0 Å². The van der Waals surface area contributed by atoms with Crippen molar-refractivity contribution < 1.29 is 43.6 Å². The predicted octanol–water partition coefficient (Wildman–Crippen LogP) is 2.07. The maximum Gasteiger partial charge on any atom is 0.255 e. The number of halogens is 2. The molecule has 9 nitrogen and oxygen atoms in total. The minimum Gasteiger partial charge on any atom is -0.510 e. The van der Waals surface area contributed by atoms with Crippen LogP contribution in [-0.2, 0) is 16.0 Å². The van der Waals surface area contributed by atoms with Crippen LogP contribution >= 0.6 is 0 Å². The number of aliphatic hydroxyl groups is 3. The molecule has 2 aromatic rings. The molecule has 0 aromatic heterocycles. The van der Waals surface area contributed by atoms with E-state index in [0.717, 1.165) is 12.1 Å². The molecule has 0 fully saturated rings. The fraction of sp³-hybridized carbons (Fsp3) is 0.296. The van der Waals surface area contributed by atoms with Crippen molar-refractivity contribution >= 4 is 17.5 Å². The quantitative estimate of drug-likeness (QED) is 0.380. The summed E-state index contributed by atoms with van der Waals surface area (Å²) in [6.07, 6.45) is -0.123. The summed E-state index contributed by atoms with van der Waals surface area (Å²) in [5.41, 5.74) is 1.55. The van der Waals surface area contributed by atoms with E-state index >= 15 is 0 Å². The number of aromatic hydroxyl groups is 1. The van der Waals surface area contributed by atoms with Gasteiger partial charge in [-0.1, -0.05) is 6.07 Å². The van der Waals surface area contributed by atoms with Crippen LogP contribution in [0.1, 0.15) is 22.3 Å². The lowest BCUT2D eigenvalue weighted by Gasteiger charge is -2.50. The molecule has 4 atom stereocenters. The molecule has 0 saturated carbocycles. The molecule has 6 N–H and O–H groups in total. The van der Waals surface area contributed by atoms with Gasteiger partial charge in [-0.2, -0.15) is 0 Å². The zero-order chi connectivity index (χ0) is 27.8. The number of nitrogens with two attached hydrogens (primary N) is 1. The zero-order valence-electron chi connectivity index (χ0n) is 20.3. The second kappa shape index (κ2) is 8.47. The van der Waals surface area contributed by atoms with Crippen LogP contribution in [0.25, 0.3) is 11.1 Å². The average molecular weight is 526 g/mol. The summed E-state index contributed by atoms with van der Waals surface area (Å²) in [4.78, 5) is 40.5. The van der Waals surface area contributed by atoms with Gasteiger partial charge in [0.2, 0.25) is 5.78 Å². The highest BCUT2D eigenvalue weighted by Gasteiger charge is 2.63. The predicted molar refractivity (Wildman–Crippen MR) is 129 cm³/mol. The van der Waals surface area contributed by atoms with Crippen LogP contribution in [0, 0.1) is 23.5 Å². The topological polar surface area (TPSA) is 161 Å². The third-order valence-corrected chi connectivity index (χ3v) is 7.83. The molecular formula is C27H24F2N2O7. The van der Waals surface area contributed by atoms with E-state index in [1.807, 2.05) is 0 Å². The van der Waals surface area contributed by atoms with Gasteiger partial charge < -0.3 is 26.2 Å². The number of amides is 1. The first kappa shape index (κ1) is 25.6. The van der Waals surface area contributed by atoms with Crippen molar-refractivity contribution in [2.45, 2.75) is 24.5 Å². The fourth-order valence-corrected chi connectivity index (χ4v) is 6.21. The van der Waals surface area contributed by atoms with E-state index in [1.54, 1.807) is 0 Å². The Labute approximate surface area is 215 Å². The van der Waals surface area contributed by atoms with Gasteiger partial charge in [-0.25, -0.2) is 8.78 Å². The number of hydrogen-bond donors (Lipinski definition) is 5. The molecule has 0 heterocycles. The first-order chi connectivity index (χ1) is 17.8. The van der Waals surface area contributed by atoms with Crippen LogP contribution in [0.15, 0.2) is 53.0 Å². The number of allylic oxidation sites excluding steroid dienone is 1. The number of aliphatic hydroxyl groups excluding tert-OH is 2. The minimum absolute atomic E-state index is 0.00916. The summed E-state index contributed by atoms with van der Waals surface area (Å²) >= 11 is 0. The standard InChI is InChI=1S/C27H24F2N2O7/c1-31(2)21-15-8-10-7-14-12(13-4-3-11(28)9-16(13)29)5-6-17(32)19(14)22(33)18(10)24(35)27(15,38)25(36)20(23(21)34)26(30)37/h3-6,9-10,15,21,32,34-35,38H,7-8H2,1-2H3,(H2,30,37)/t10-,15-,21-,27-/m0/s1. The lowest BCUT2D eigenvalue weighted by atomic mass is 9.58. The van der Waals surface area contributed by atoms with Crippen molar-refractivity contribution in [2.75, 3.05) is 14.1 Å². The van der Waals surface area contributed by atoms with Gasteiger partial charge in [0.1, 0.15) is 34.5 Å². The Morgan fingerprint density at radius 1 is 1.08 bits per heavy atom. The van der Waals surface area contributed by atoms with E-state index in [1.165, 1.54) is 31.1 Å². The molecule has 0 unspecified atom stereocenters. The lowest BCUT2D eigenvalue weighted by Crippen LogP contribution is -2.63. The second-order valence-electron chi connectivity index (χ2n) is 10.1. The van der Waals surface area contributed by atoms with Gasteiger partial charge in [0.05, 0.1) is 11.6 Å². The van der Waals surface area contributed by atoms with Crippen molar-refractivity contribution in [1.29, 1.82) is 0 Å². The number of ketones is 2. The van der Waals surface area contributed by atoms with E-state index in [0.29, 0.717) is 6.07 Å². The molecule has 3 aliphatic rings. The summed E-state index contributed by atoms with van der Waals surface area (Å²) in [6.45, 7) is 0. The molecule has 0 spiro atoms. The van der Waals surface area contributed by atoms with E-state index in [9.17, 15) is 43.6 Å². The maximum absolute atomic E-state index is 14.7. The number of likely N-dealkylation sites (N-methyl/N-ethyl adjacent to an activating group) is 1. The number of primary amides is 1. The molecule has 0 bridgehead atoms. The number of fused-ring (bicyclic) bond motifs is 3. The van der Waals surface area contributed by atoms with Crippen LogP contribution in [0.3, 0.4) is 0 Å². The van der Waals surface area contributed by atoms with Crippen LogP contribution < -0.4 is 5.73 Å². The van der Waals surface area contributed by atoms with E-state index < -0.39 is 75.4 Å². The summed E-state index contributed by atoms with van der Waals surface area (Å²) in [7, 11) is 3.06. The van der Waals surface area contributed by atoms with Crippen molar-refractivity contribution in [3.05, 3.63) is 75.8 Å². The van der Waals surface area contributed by atoms with Crippen LogP contribution in [0.5, 0.6) is 5.75 Å². The summed E-state index contributed by atoms with van der Waals surface area (Å²) in [6, 6.07) is 4.39. The van der Waals surface area contributed by atoms with Gasteiger partial charge in [0.25, 0.3) is 5.91 Å². The number of carbonyl (C=O) groups excluding carboxylic acids is 3. The Morgan fingerprint density at radius 3 is 2.34 bits per heavy atom. The molecule has 11 heteroatoms. The highest BCUT2D eigenvalue weighted by atomic mass is 19.1. The molecule has 0 saturated heterocycles. The Bertz CT molecular complexity index is 1510. The molecule has 2 aromatic carbocycles. The van der Waals surface area contributed by atoms with Gasteiger partial charge in [0, 0.05) is 23.1 Å². The summed E-state index contributed by atoms with van der Waals surface area (Å²) in [5, 5.41) is 44.3. The largest absolute Gasteiger partial charge is 0.510 e. The SMILES string of the molecule is CN(C)[C@@H]1C(O)=C(C(N)=O)C(=O)[C@@]2(O)C(O)=C3C(=O)c4c(O)ccc(-c5ccc(F)cc5F)c4C[C@H]3C[C@@H]12. The monoisotopic (exact) mass is 526 g/mol. The van der Waals surface area contributed by atoms with Gasteiger partial charge in [-0.15, -0.1) is 0 Å². The van der Waals surface area contributed by atoms with E-state index in [4.69, 9.17) is 5.73 Å². The first-order valence-corrected chi connectivity index (χ1v) is 11.8. The lowest BCUT2D eigenvalue weighted by molar-refractivity contribution is -0.148. The third kappa shape index (κ3) is 3.31. The third-order valence-electron chi connectivity index (χ3n) is 7.83. The first-order valence-electron chi connectivity index (χ1n) is 11.8. The Kier molecular flexibility index (Phi) is 5.69. The minimum atomic E-state index is -2.75. The second-order valence-corrected chi connectivity index (χ2v) is 10.1. The summed E-state index contributed by atoms with van der Waals surface area (Å²) < 4.78 is 28.3. The molecule has 198 valence electrons. The molecule has 38 heavy (non-hydrogen) atoms. The van der Waals surface area contributed by atoms with Crippen molar-refractivity contribution in [2.24, 2.45) is 17.6 Å². The van der Waals surface area contributed by atoms with Crippen LogP contribution in [-0.4, -0.2) is 68.5 Å². The van der Waals surface area contributed by atoms with E-state index in [2.05, 4.69) is 0 Å². The summed E-state index contributed by atoms with van der Waals surface area (Å²) in [5.74, 6) is -9.35. The smallest absolute Gasteiger partial charge is 0.255 e. The number of Topliss-reactive ketones (excluding diaryl/α,β-unsaturated/α-hetero) is 2. The number of rotatable bonds is 3. The van der Waals surface area contributed by atoms with Gasteiger partial charge in [0.15, 0.2) is 11.4 Å². The normalized spacial score (nSPS) is 26.8. The fourth-order valence-electron chi connectivity index (χ4n) is 6.21. The van der Waals surface area contributed by atoms with Gasteiger partial charge >= 0.3 is 0 Å². The zero-order valence-corrected chi connectivity index (χ0v) is 20.3. The molecule has 3 aliphatic carbocycles. The number of phenolic OH excluding ortho intramolecular Hbond substituents is 1. The highest BCUT2D eigenvalue weighted by Crippen LogP contribution is 2.53. The molecule has 5 rings (SSSR count). The molecule has 0 radical (unpaired) electrons. The number of nitrogens with zero attached hydrogens (tertiary/aromatic N) is 1. The molecule has 1 amide bonds. The Hall–Kier alpha value is -4.09. The van der Waals surface area contributed by atoms with Crippen LogP contribution in [0.4, 0.5) is 8.78 Å². The Morgan fingerprint density at radius 2 is 1.74 bits per heavy atom. The van der Waals surface area contributed by atoms with Crippen molar-refractivity contribution in [3.8, 4) is 16.9 Å². The van der Waals surface area contributed by atoms with Crippen LogP contribution in [0.2, 0.25) is 0 Å². The van der Waals surface area contributed by atoms with E-state index in [-0.39, 0.29) is 40.7 Å².